The first kappa shape index (κ1) is 13.3. The number of fused-ring (bicyclic) bond motifs is 1. The minimum atomic E-state index is -1.11. The maximum atomic E-state index is 11.7. The molecule has 6 nitrogen and oxygen atoms in total. The fourth-order valence-electron chi connectivity index (χ4n) is 1.80. The number of carboxylic acid groups (broad SMARTS) is 1. The number of carboxylic acids is 1. The van der Waals surface area contributed by atoms with Gasteiger partial charge in [0.2, 0.25) is 0 Å². The molecule has 0 unspecified atom stereocenters. The Labute approximate surface area is 123 Å². The molecule has 106 valence electrons. The number of aliphatic carboxylic acids is 1. The highest BCUT2D eigenvalue weighted by molar-refractivity contribution is 7.21. The SMILES string of the molecule is O=C(O)CNC(=O)c1ccc(-c2nc3ccccc3s2)o1. The molecule has 2 aromatic heterocycles. The van der Waals surface area contributed by atoms with Crippen molar-refractivity contribution in [1.82, 2.24) is 10.3 Å². The molecule has 0 saturated carbocycles. The highest BCUT2D eigenvalue weighted by atomic mass is 32.1. The summed E-state index contributed by atoms with van der Waals surface area (Å²) in [6, 6.07) is 10.8. The number of aromatic nitrogens is 1. The van der Waals surface area contributed by atoms with Crippen molar-refractivity contribution in [2.24, 2.45) is 0 Å². The number of thiazole rings is 1. The molecule has 2 N–H and O–H groups in total. The summed E-state index contributed by atoms with van der Waals surface area (Å²) in [5.74, 6) is -1.13. The third-order valence-electron chi connectivity index (χ3n) is 2.73. The largest absolute Gasteiger partial charge is 0.480 e. The molecule has 0 saturated heterocycles. The molecule has 7 heteroatoms. The van der Waals surface area contributed by atoms with E-state index in [0.717, 1.165) is 10.2 Å². The summed E-state index contributed by atoms with van der Waals surface area (Å²) in [4.78, 5) is 26.5. The van der Waals surface area contributed by atoms with Crippen LogP contribution in [0.3, 0.4) is 0 Å². The van der Waals surface area contributed by atoms with E-state index in [-0.39, 0.29) is 5.76 Å². The number of hydrogen-bond donors (Lipinski definition) is 2. The van der Waals surface area contributed by atoms with Crippen molar-refractivity contribution in [3.63, 3.8) is 0 Å². The second-order valence-electron chi connectivity index (χ2n) is 4.23. The average Bonchev–Trinajstić information content (AvgIpc) is 3.10. The number of furan rings is 1. The van der Waals surface area contributed by atoms with Crippen molar-refractivity contribution in [2.45, 2.75) is 0 Å². The number of nitrogens with zero attached hydrogens (tertiary/aromatic N) is 1. The molecular weight excluding hydrogens is 292 g/mol. The van der Waals surface area contributed by atoms with Crippen LogP contribution < -0.4 is 5.32 Å². The predicted octanol–water partition coefficient (Wildman–Crippen LogP) is 2.37. The lowest BCUT2D eigenvalue weighted by Gasteiger charge is -1.97. The van der Waals surface area contributed by atoms with E-state index in [0.29, 0.717) is 10.8 Å². The lowest BCUT2D eigenvalue weighted by atomic mass is 10.3. The topological polar surface area (TPSA) is 92.4 Å². The monoisotopic (exact) mass is 302 g/mol. The molecule has 0 aliphatic rings. The molecule has 0 bridgehead atoms. The molecule has 0 aliphatic carbocycles. The molecule has 0 spiro atoms. The zero-order chi connectivity index (χ0) is 14.8. The number of para-hydroxylation sites is 1. The van der Waals surface area contributed by atoms with E-state index in [1.165, 1.54) is 17.4 Å². The maximum absolute atomic E-state index is 11.7. The Hall–Kier alpha value is -2.67. The first-order valence-electron chi connectivity index (χ1n) is 6.09. The predicted molar refractivity (Wildman–Crippen MR) is 77.3 cm³/mol. The van der Waals surface area contributed by atoms with Crippen LogP contribution in [0.15, 0.2) is 40.8 Å². The van der Waals surface area contributed by atoms with Crippen molar-refractivity contribution < 1.29 is 19.1 Å². The summed E-state index contributed by atoms with van der Waals surface area (Å²) in [5, 5.41) is 11.4. The zero-order valence-electron chi connectivity index (χ0n) is 10.7. The molecule has 3 rings (SSSR count). The highest BCUT2D eigenvalue weighted by Gasteiger charge is 2.15. The van der Waals surface area contributed by atoms with Gasteiger partial charge in [-0.05, 0) is 24.3 Å². The van der Waals surface area contributed by atoms with E-state index in [1.807, 2.05) is 24.3 Å². The van der Waals surface area contributed by atoms with Crippen LogP contribution in [0.25, 0.3) is 21.0 Å². The van der Waals surface area contributed by atoms with Crippen LogP contribution in [0.5, 0.6) is 0 Å². The molecular formula is C14H10N2O4S. The minimum Gasteiger partial charge on any atom is -0.480 e. The van der Waals surface area contributed by atoms with E-state index in [9.17, 15) is 9.59 Å². The lowest BCUT2D eigenvalue weighted by Crippen LogP contribution is -2.28. The number of carbonyl (C=O) groups excluding carboxylic acids is 1. The summed E-state index contributed by atoms with van der Waals surface area (Å²) in [6.45, 7) is -0.448. The number of amides is 1. The van der Waals surface area contributed by atoms with Crippen molar-refractivity contribution in [3.8, 4) is 10.8 Å². The van der Waals surface area contributed by atoms with Gasteiger partial charge in [-0.25, -0.2) is 4.98 Å². The smallest absolute Gasteiger partial charge is 0.322 e. The quantitative estimate of drug-likeness (QED) is 0.772. The van der Waals surface area contributed by atoms with Gasteiger partial charge in [-0.1, -0.05) is 12.1 Å². The van der Waals surface area contributed by atoms with Crippen LogP contribution >= 0.6 is 11.3 Å². The maximum Gasteiger partial charge on any atom is 0.322 e. The number of hydrogen-bond acceptors (Lipinski definition) is 5. The van der Waals surface area contributed by atoms with Crippen LogP contribution in [0.2, 0.25) is 0 Å². The number of benzene rings is 1. The second kappa shape index (κ2) is 5.37. The van der Waals surface area contributed by atoms with Crippen LogP contribution in [-0.4, -0.2) is 28.5 Å². The molecule has 0 aliphatic heterocycles. The van der Waals surface area contributed by atoms with Crippen molar-refractivity contribution in [1.29, 1.82) is 0 Å². The molecule has 0 atom stereocenters. The summed E-state index contributed by atoms with van der Waals surface area (Å²) < 4.78 is 6.46. The summed E-state index contributed by atoms with van der Waals surface area (Å²) in [7, 11) is 0. The molecule has 1 aromatic carbocycles. The van der Waals surface area contributed by atoms with Gasteiger partial charge in [-0.15, -0.1) is 11.3 Å². The standard InChI is InChI=1S/C14H10N2O4S/c17-12(18)7-15-13(19)9-5-6-10(20-9)14-16-8-3-1-2-4-11(8)21-14/h1-6H,7H2,(H,15,19)(H,17,18). The van der Waals surface area contributed by atoms with Gasteiger partial charge in [0, 0.05) is 0 Å². The van der Waals surface area contributed by atoms with E-state index in [1.54, 1.807) is 6.07 Å². The third kappa shape index (κ3) is 2.77. The molecule has 21 heavy (non-hydrogen) atoms. The fourth-order valence-corrected chi connectivity index (χ4v) is 2.72. The van der Waals surface area contributed by atoms with E-state index in [2.05, 4.69) is 10.3 Å². The van der Waals surface area contributed by atoms with Gasteiger partial charge >= 0.3 is 5.97 Å². The molecule has 0 radical (unpaired) electrons. The van der Waals surface area contributed by atoms with Gasteiger partial charge in [-0.2, -0.15) is 0 Å². The second-order valence-corrected chi connectivity index (χ2v) is 5.26. The molecule has 3 aromatic rings. The van der Waals surface area contributed by atoms with Gasteiger partial charge in [0.15, 0.2) is 16.5 Å². The Morgan fingerprint density at radius 3 is 2.81 bits per heavy atom. The molecule has 0 fully saturated rings. The van der Waals surface area contributed by atoms with Crippen LogP contribution in [0, 0.1) is 0 Å². The Morgan fingerprint density at radius 1 is 1.24 bits per heavy atom. The number of carbonyl (C=O) groups is 2. The fraction of sp³-hybridized carbons (Fsp3) is 0.0714. The van der Waals surface area contributed by atoms with Gasteiger partial charge in [0.1, 0.15) is 6.54 Å². The highest BCUT2D eigenvalue weighted by Crippen LogP contribution is 2.30. The third-order valence-corrected chi connectivity index (χ3v) is 3.79. The minimum absolute atomic E-state index is 0.0607. The first-order valence-corrected chi connectivity index (χ1v) is 6.91. The zero-order valence-corrected chi connectivity index (χ0v) is 11.5. The van der Waals surface area contributed by atoms with Crippen LogP contribution in [-0.2, 0) is 4.79 Å². The summed E-state index contributed by atoms with van der Waals surface area (Å²) in [6.07, 6.45) is 0. The van der Waals surface area contributed by atoms with E-state index < -0.39 is 18.4 Å². The van der Waals surface area contributed by atoms with Crippen molar-refractivity contribution in [3.05, 3.63) is 42.2 Å². The van der Waals surface area contributed by atoms with Gasteiger partial charge in [-0.3, -0.25) is 9.59 Å². The first-order chi connectivity index (χ1) is 10.1. The average molecular weight is 302 g/mol. The van der Waals surface area contributed by atoms with Gasteiger partial charge < -0.3 is 14.8 Å². The number of rotatable bonds is 4. The number of nitrogens with one attached hydrogen (secondary N) is 1. The van der Waals surface area contributed by atoms with Crippen molar-refractivity contribution in [2.75, 3.05) is 6.54 Å². The van der Waals surface area contributed by atoms with Crippen molar-refractivity contribution >= 4 is 33.4 Å². The molecule has 1 amide bonds. The summed E-state index contributed by atoms with van der Waals surface area (Å²) >= 11 is 1.46. The lowest BCUT2D eigenvalue weighted by molar-refractivity contribution is -0.135. The van der Waals surface area contributed by atoms with E-state index >= 15 is 0 Å². The summed E-state index contributed by atoms with van der Waals surface area (Å²) in [5.41, 5.74) is 0.866. The van der Waals surface area contributed by atoms with Crippen LogP contribution in [0.4, 0.5) is 0 Å². The Bertz CT molecular complexity index is 788. The van der Waals surface area contributed by atoms with Crippen LogP contribution in [0.1, 0.15) is 10.6 Å². The molecule has 2 heterocycles. The van der Waals surface area contributed by atoms with E-state index in [4.69, 9.17) is 9.52 Å². The van der Waals surface area contributed by atoms with Gasteiger partial charge in [0.25, 0.3) is 5.91 Å². The Morgan fingerprint density at radius 2 is 2.05 bits per heavy atom. The normalized spacial score (nSPS) is 10.7. The Balaban J connectivity index is 1.84. The van der Waals surface area contributed by atoms with Gasteiger partial charge in [0.05, 0.1) is 10.2 Å². The Kier molecular flexibility index (Phi) is 3.41.